The summed E-state index contributed by atoms with van der Waals surface area (Å²) in [6, 6.07) is 4.38. The molecule has 1 aliphatic rings. The van der Waals surface area contributed by atoms with Crippen LogP contribution in [0.3, 0.4) is 0 Å². The number of aromatic nitrogens is 1. The molecule has 1 aliphatic heterocycles. The van der Waals surface area contributed by atoms with Gasteiger partial charge in [0, 0.05) is 12.7 Å². The third kappa shape index (κ3) is 2.05. The Morgan fingerprint density at radius 1 is 1.62 bits per heavy atom. The van der Waals surface area contributed by atoms with Crippen molar-refractivity contribution in [3.8, 4) is 0 Å². The van der Waals surface area contributed by atoms with Crippen LogP contribution < -0.4 is 5.32 Å². The smallest absolute Gasteiger partial charge is 0.0733 e. The van der Waals surface area contributed by atoms with Gasteiger partial charge in [-0.2, -0.15) is 0 Å². The van der Waals surface area contributed by atoms with Gasteiger partial charge in [0.2, 0.25) is 0 Å². The van der Waals surface area contributed by atoms with Crippen LogP contribution in [0.1, 0.15) is 17.3 Å². The Labute approximate surface area is 78.1 Å². The van der Waals surface area contributed by atoms with Gasteiger partial charge in [-0.25, -0.2) is 0 Å². The highest BCUT2D eigenvalue weighted by Gasteiger charge is 2.15. The predicted octanol–water partition coefficient (Wildman–Crippen LogP) is 1.05. The second-order valence-electron chi connectivity index (χ2n) is 3.34. The van der Waals surface area contributed by atoms with E-state index in [-0.39, 0.29) is 6.04 Å². The third-order valence-electron chi connectivity index (χ3n) is 2.22. The molecule has 2 heterocycles. The molecule has 3 nitrogen and oxygen atoms in total. The molecule has 1 aromatic rings. The summed E-state index contributed by atoms with van der Waals surface area (Å²) >= 11 is 0. The molecule has 1 N–H and O–H groups in total. The van der Waals surface area contributed by atoms with E-state index in [2.05, 4.69) is 23.3 Å². The Kier molecular flexibility index (Phi) is 2.57. The number of ether oxygens (including phenoxy) is 1. The topological polar surface area (TPSA) is 34.1 Å². The lowest BCUT2D eigenvalue weighted by molar-refractivity contribution is 0.0756. The number of pyridine rings is 1. The molecule has 1 saturated heterocycles. The van der Waals surface area contributed by atoms with Crippen LogP contribution in [0.15, 0.2) is 18.3 Å². The third-order valence-corrected chi connectivity index (χ3v) is 2.22. The summed E-state index contributed by atoms with van der Waals surface area (Å²) in [5.41, 5.74) is 2.33. The summed E-state index contributed by atoms with van der Waals surface area (Å²) in [4.78, 5) is 4.32. The van der Waals surface area contributed by atoms with Crippen LogP contribution >= 0.6 is 0 Å². The maximum absolute atomic E-state index is 5.37. The molecular formula is C10H14N2O. The first-order chi connectivity index (χ1) is 6.36. The molecule has 1 aromatic heterocycles. The average molecular weight is 178 g/mol. The Hall–Kier alpha value is -0.930. The van der Waals surface area contributed by atoms with E-state index in [0.717, 1.165) is 25.5 Å². The average Bonchev–Trinajstić information content (AvgIpc) is 2.19. The minimum absolute atomic E-state index is 0.272. The van der Waals surface area contributed by atoms with Crippen molar-refractivity contribution in [3.63, 3.8) is 0 Å². The first-order valence-corrected chi connectivity index (χ1v) is 4.60. The van der Waals surface area contributed by atoms with Crippen molar-refractivity contribution in [1.82, 2.24) is 10.3 Å². The minimum Gasteiger partial charge on any atom is -0.378 e. The number of morpholine rings is 1. The van der Waals surface area contributed by atoms with Crippen molar-refractivity contribution in [2.45, 2.75) is 13.0 Å². The molecule has 1 atom stereocenters. The second kappa shape index (κ2) is 3.85. The van der Waals surface area contributed by atoms with E-state index in [1.165, 1.54) is 5.56 Å². The van der Waals surface area contributed by atoms with Gasteiger partial charge in [0.15, 0.2) is 0 Å². The van der Waals surface area contributed by atoms with E-state index < -0.39 is 0 Å². The van der Waals surface area contributed by atoms with Crippen LogP contribution in [0.5, 0.6) is 0 Å². The van der Waals surface area contributed by atoms with Gasteiger partial charge in [-0.3, -0.25) is 4.98 Å². The van der Waals surface area contributed by atoms with E-state index in [1.54, 1.807) is 0 Å². The highest BCUT2D eigenvalue weighted by Crippen LogP contribution is 2.13. The van der Waals surface area contributed by atoms with Crippen molar-refractivity contribution in [2.75, 3.05) is 19.8 Å². The Balaban J connectivity index is 2.14. The van der Waals surface area contributed by atoms with E-state index in [9.17, 15) is 0 Å². The van der Waals surface area contributed by atoms with Gasteiger partial charge in [-0.15, -0.1) is 0 Å². The lowest BCUT2D eigenvalue weighted by Gasteiger charge is -2.23. The molecular weight excluding hydrogens is 164 g/mol. The summed E-state index contributed by atoms with van der Waals surface area (Å²) < 4.78 is 5.37. The van der Waals surface area contributed by atoms with E-state index in [0.29, 0.717) is 0 Å². The van der Waals surface area contributed by atoms with Crippen LogP contribution in [-0.2, 0) is 4.74 Å². The number of nitrogens with zero attached hydrogens (tertiary/aromatic N) is 1. The van der Waals surface area contributed by atoms with Gasteiger partial charge in [0.05, 0.1) is 24.9 Å². The van der Waals surface area contributed by atoms with Crippen LogP contribution in [0.25, 0.3) is 0 Å². The normalized spacial score (nSPS) is 23.0. The minimum atomic E-state index is 0.272. The standard InChI is InChI=1S/C10H14N2O/c1-8-2-3-11-9(6-8)10-7-13-5-4-12-10/h2-3,6,10,12H,4-5,7H2,1H3. The molecule has 13 heavy (non-hydrogen) atoms. The first-order valence-electron chi connectivity index (χ1n) is 4.60. The lowest BCUT2D eigenvalue weighted by Crippen LogP contribution is -2.35. The first kappa shape index (κ1) is 8.66. The zero-order valence-corrected chi connectivity index (χ0v) is 7.79. The summed E-state index contributed by atoms with van der Waals surface area (Å²) in [6.07, 6.45) is 1.85. The highest BCUT2D eigenvalue weighted by molar-refractivity contribution is 5.17. The molecule has 1 unspecified atom stereocenters. The van der Waals surface area contributed by atoms with Crippen LogP contribution in [0.2, 0.25) is 0 Å². The number of aryl methyl sites for hydroxylation is 1. The van der Waals surface area contributed by atoms with E-state index in [4.69, 9.17) is 4.74 Å². The van der Waals surface area contributed by atoms with Gasteiger partial charge in [0.1, 0.15) is 0 Å². The number of rotatable bonds is 1. The highest BCUT2D eigenvalue weighted by atomic mass is 16.5. The summed E-state index contributed by atoms with van der Waals surface area (Å²) in [5.74, 6) is 0. The zero-order chi connectivity index (χ0) is 9.10. The molecule has 0 bridgehead atoms. The van der Waals surface area contributed by atoms with Crippen molar-refractivity contribution in [2.24, 2.45) is 0 Å². The van der Waals surface area contributed by atoms with Crippen LogP contribution in [0.4, 0.5) is 0 Å². The second-order valence-corrected chi connectivity index (χ2v) is 3.34. The van der Waals surface area contributed by atoms with Crippen molar-refractivity contribution in [3.05, 3.63) is 29.6 Å². The van der Waals surface area contributed by atoms with Gasteiger partial charge in [-0.1, -0.05) is 0 Å². The molecule has 0 spiro atoms. The monoisotopic (exact) mass is 178 g/mol. The molecule has 2 rings (SSSR count). The fraction of sp³-hybridized carbons (Fsp3) is 0.500. The van der Waals surface area contributed by atoms with Gasteiger partial charge in [-0.05, 0) is 24.6 Å². The number of nitrogens with one attached hydrogen (secondary N) is 1. The van der Waals surface area contributed by atoms with Gasteiger partial charge >= 0.3 is 0 Å². The van der Waals surface area contributed by atoms with Gasteiger partial charge < -0.3 is 10.1 Å². The lowest BCUT2D eigenvalue weighted by atomic mass is 10.1. The SMILES string of the molecule is Cc1ccnc(C2COCCN2)c1. The van der Waals surface area contributed by atoms with Crippen LogP contribution in [0, 0.1) is 6.92 Å². The summed E-state index contributed by atoms with van der Waals surface area (Å²) in [6.45, 7) is 4.54. The summed E-state index contributed by atoms with van der Waals surface area (Å²) in [5, 5.41) is 3.38. The fourth-order valence-corrected chi connectivity index (χ4v) is 1.51. The van der Waals surface area contributed by atoms with Crippen LogP contribution in [-0.4, -0.2) is 24.7 Å². The molecule has 0 aliphatic carbocycles. The molecule has 70 valence electrons. The molecule has 0 amide bonds. The maximum atomic E-state index is 5.37. The summed E-state index contributed by atoms with van der Waals surface area (Å²) in [7, 11) is 0. The molecule has 1 fully saturated rings. The number of hydrogen-bond acceptors (Lipinski definition) is 3. The molecule has 0 aromatic carbocycles. The van der Waals surface area contributed by atoms with Crippen molar-refractivity contribution >= 4 is 0 Å². The van der Waals surface area contributed by atoms with E-state index >= 15 is 0 Å². The fourth-order valence-electron chi connectivity index (χ4n) is 1.51. The molecule has 3 heteroatoms. The van der Waals surface area contributed by atoms with Crippen molar-refractivity contribution < 1.29 is 4.74 Å². The largest absolute Gasteiger partial charge is 0.378 e. The zero-order valence-electron chi connectivity index (χ0n) is 7.79. The molecule has 0 saturated carbocycles. The Morgan fingerprint density at radius 2 is 2.54 bits per heavy atom. The Morgan fingerprint density at radius 3 is 3.23 bits per heavy atom. The maximum Gasteiger partial charge on any atom is 0.0733 e. The predicted molar refractivity (Wildman–Crippen MR) is 50.5 cm³/mol. The van der Waals surface area contributed by atoms with E-state index in [1.807, 2.05) is 12.3 Å². The van der Waals surface area contributed by atoms with Gasteiger partial charge in [0.25, 0.3) is 0 Å². The number of hydrogen-bond donors (Lipinski definition) is 1. The Bertz CT molecular complexity index is 282. The quantitative estimate of drug-likeness (QED) is 0.698. The van der Waals surface area contributed by atoms with Crippen molar-refractivity contribution in [1.29, 1.82) is 0 Å². The molecule has 0 radical (unpaired) electrons.